The number of nitrogens with one attached hydrogen (secondary N) is 2. The van der Waals surface area contributed by atoms with Gasteiger partial charge in [-0.1, -0.05) is 24.3 Å². The first kappa shape index (κ1) is 14.0. The zero-order valence-electron chi connectivity index (χ0n) is 12.3. The van der Waals surface area contributed by atoms with Crippen molar-refractivity contribution < 1.29 is 0 Å². The molecule has 0 bridgehead atoms. The number of para-hydroxylation sites is 1. The summed E-state index contributed by atoms with van der Waals surface area (Å²) in [7, 11) is 0. The molecule has 2 heterocycles. The third kappa shape index (κ3) is 4.03. The molecule has 4 heteroatoms. The van der Waals surface area contributed by atoms with Gasteiger partial charge in [-0.2, -0.15) is 0 Å². The van der Waals surface area contributed by atoms with Crippen molar-refractivity contribution in [3.05, 3.63) is 54.2 Å². The number of benzene rings is 1. The average Bonchev–Trinajstić information content (AvgIpc) is 2.56. The van der Waals surface area contributed by atoms with Crippen molar-refractivity contribution in [2.75, 3.05) is 38.0 Å². The Labute approximate surface area is 126 Å². The molecule has 0 saturated carbocycles. The highest BCUT2D eigenvalue weighted by molar-refractivity contribution is 5.60. The van der Waals surface area contributed by atoms with Crippen LogP contribution in [0.2, 0.25) is 0 Å². The number of pyridine rings is 1. The van der Waals surface area contributed by atoms with Crippen LogP contribution in [0.3, 0.4) is 0 Å². The number of piperazine rings is 1. The number of hydrogen-bond acceptors (Lipinski definition) is 4. The molecule has 0 unspecified atom stereocenters. The molecular formula is C17H22N4. The fraction of sp³-hybridized carbons (Fsp3) is 0.353. The van der Waals surface area contributed by atoms with Gasteiger partial charge in [-0.15, -0.1) is 0 Å². The Balaban J connectivity index is 1.64. The third-order valence-corrected chi connectivity index (χ3v) is 3.85. The van der Waals surface area contributed by atoms with Gasteiger partial charge in [0.25, 0.3) is 0 Å². The average molecular weight is 282 g/mol. The van der Waals surface area contributed by atoms with Gasteiger partial charge in [0, 0.05) is 44.6 Å². The predicted molar refractivity (Wildman–Crippen MR) is 87.0 cm³/mol. The Morgan fingerprint density at radius 2 is 1.86 bits per heavy atom. The Morgan fingerprint density at radius 1 is 1.05 bits per heavy atom. The van der Waals surface area contributed by atoms with E-state index in [-0.39, 0.29) is 0 Å². The molecule has 0 amide bonds. The van der Waals surface area contributed by atoms with Crippen molar-refractivity contribution >= 4 is 11.5 Å². The van der Waals surface area contributed by atoms with Gasteiger partial charge in [0.1, 0.15) is 5.82 Å². The summed E-state index contributed by atoms with van der Waals surface area (Å²) in [6.45, 7) is 5.62. The molecule has 1 aromatic heterocycles. The Hall–Kier alpha value is -1.91. The highest BCUT2D eigenvalue weighted by Crippen LogP contribution is 2.20. The van der Waals surface area contributed by atoms with E-state index in [2.05, 4.69) is 44.8 Å². The molecule has 1 saturated heterocycles. The molecule has 3 rings (SSSR count). The van der Waals surface area contributed by atoms with Gasteiger partial charge in [-0.3, -0.25) is 0 Å². The van der Waals surface area contributed by atoms with E-state index in [1.165, 1.54) is 5.56 Å². The van der Waals surface area contributed by atoms with E-state index in [9.17, 15) is 0 Å². The van der Waals surface area contributed by atoms with Crippen LogP contribution in [0, 0.1) is 0 Å². The van der Waals surface area contributed by atoms with Crippen LogP contribution in [0.1, 0.15) is 5.56 Å². The standard InChI is InChI=1S/C17H22N4/c1-2-6-16(20-17-7-3-4-9-19-17)15(5-1)8-12-21-13-10-18-11-14-21/h1-7,9,18H,8,10-14H2,(H,19,20). The van der Waals surface area contributed by atoms with Gasteiger partial charge in [0.2, 0.25) is 0 Å². The van der Waals surface area contributed by atoms with E-state index in [1.54, 1.807) is 0 Å². The zero-order valence-corrected chi connectivity index (χ0v) is 12.3. The van der Waals surface area contributed by atoms with Crippen LogP contribution in [-0.4, -0.2) is 42.6 Å². The molecule has 2 aromatic rings. The third-order valence-electron chi connectivity index (χ3n) is 3.85. The lowest BCUT2D eigenvalue weighted by Gasteiger charge is -2.27. The second-order valence-corrected chi connectivity index (χ2v) is 5.34. The Morgan fingerprint density at radius 3 is 2.67 bits per heavy atom. The summed E-state index contributed by atoms with van der Waals surface area (Å²) in [6.07, 6.45) is 2.88. The molecule has 0 radical (unpaired) electrons. The minimum atomic E-state index is 0.895. The number of nitrogens with zero attached hydrogens (tertiary/aromatic N) is 2. The molecule has 0 aliphatic carbocycles. The summed E-state index contributed by atoms with van der Waals surface area (Å²) in [6, 6.07) is 14.4. The van der Waals surface area contributed by atoms with Crippen LogP contribution >= 0.6 is 0 Å². The molecule has 1 aliphatic heterocycles. The summed E-state index contributed by atoms with van der Waals surface area (Å²) in [5.74, 6) is 0.895. The predicted octanol–water partition coefficient (Wildman–Crippen LogP) is 2.27. The summed E-state index contributed by atoms with van der Waals surface area (Å²) in [5.41, 5.74) is 2.51. The van der Waals surface area contributed by atoms with E-state index >= 15 is 0 Å². The lowest BCUT2D eigenvalue weighted by atomic mass is 10.1. The Kier molecular flexibility index (Phi) is 4.82. The fourth-order valence-corrected chi connectivity index (χ4v) is 2.65. The molecule has 0 spiro atoms. The van der Waals surface area contributed by atoms with Gasteiger partial charge in [-0.25, -0.2) is 4.98 Å². The maximum Gasteiger partial charge on any atom is 0.130 e. The molecule has 21 heavy (non-hydrogen) atoms. The lowest BCUT2D eigenvalue weighted by molar-refractivity contribution is 0.244. The van der Waals surface area contributed by atoms with Crippen molar-refractivity contribution in [2.45, 2.75) is 6.42 Å². The number of rotatable bonds is 5. The lowest BCUT2D eigenvalue weighted by Crippen LogP contribution is -2.44. The van der Waals surface area contributed by atoms with E-state index in [0.717, 1.165) is 50.6 Å². The quantitative estimate of drug-likeness (QED) is 0.882. The van der Waals surface area contributed by atoms with Crippen molar-refractivity contribution in [2.24, 2.45) is 0 Å². The van der Waals surface area contributed by atoms with Gasteiger partial charge >= 0.3 is 0 Å². The highest BCUT2D eigenvalue weighted by atomic mass is 15.2. The summed E-state index contributed by atoms with van der Waals surface area (Å²) in [4.78, 5) is 6.86. The van der Waals surface area contributed by atoms with Crippen LogP contribution in [0.15, 0.2) is 48.7 Å². The fourth-order valence-electron chi connectivity index (χ4n) is 2.65. The maximum absolute atomic E-state index is 4.34. The van der Waals surface area contributed by atoms with Crippen molar-refractivity contribution in [1.82, 2.24) is 15.2 Å². The first-order valence-corrected chi connectivity index (χ1v) is 7.61. The van der Waals surface area contributed by atoms with E-state index in [4.69, 9.17) is 0 Å². The maximum atomic E-state index is 4.34. The van der Waals surface area contributed by atoms with Crippen molar-refractivity contribution in [3.63, 3.8) is 0 Å². The van der Waals surface area contributed by atoms with Gasteiger partial charge in [0.05, 0.1) is 0 Å². The molecule has 4 nitrogen and oxygen atoms in total. The number of aromatic nitrogens is 1. The van der Waals surface area contributed by atoms with Crippen molar-refractivity contribution in [3.8, 4) is 0 Å². The van der Waals surface area contributed by atoms with Crippen LogP contribution in [0.4, 0.5) is 11.5 Å². The van der Waals surface area contributed by atoms with Crippen LogP contribution < -0.4 is 10.6 Å². The second-order valence-electron chi connectivity index (χ2n) is 5.34. The molecule has 1 aliphatic rings. The summed E-state index contributed by atoms with van der Waals surface area (Å²) in [5, 5.41) is 6.81. The first-order chi connectivity index (χ1) is 10.4. The van der Waals surface area contributed by atoms with Crippen molar-refractivity contribution in [1.29, 1.82) is 0 Å². The minimum Gasteiger partial charge on any atom is -0.340 e. The molecule has 110 valence electrons. The summed E-state index contributed by atoms with van der Waals surface area (Å²) >= 11 is 0. The smallest absolute Gasteiger partial charge is 0.130 e. The van der Waals surface area contributed by atoms with Crippen LogP contribution in [-0.2, 0) is 6.42 Å². The van der Waals surface area contributed by atoms with Gasteiger partial charge in [-0.05, 0) is 30.2 Å². The van der Waals surface area contributed by atoms with E-state index in [1.807, 2.05) is 24.4 Å². The number of hydrogen-bond donors (Lipinski definition) is 2. The highest BCUT2D eigenvalue weighted by Gasteiger charge is 2.10. The Bertz CT molecular complexity index is 550. The summed E-state index contributed by atoms with van der Waals surface area (Å²) < 4.78 is 0. The number of anilines is 2. The van der Waals surface area contributed by atoms with Crippen LogP contribution in [0.5, 0.6) is 0 Å². The largest absolute Gasteiger partial charge is 0.340 e. The van der Waals surface area contributed by atoms with Crippen LogP contribution in [0.25, 0.3) is 0 Å². The topological polar surface area (TPSA) is 40.2 Å². The second kappa shape index (κ2) is 7.20. The SMILES string of the molecule is c1ccc(Nc2ccccc2CCN2CCNCC2)nc1. The molecular weight excluding hydrogens is 260 g/mol. The first-order valence-electron chi connectivity index (χ1n) is 7.61. The normalized spacial score (nSPS) is 15.8. The molecule has 0 atom stereocenters. The minimum absolute atomic E-state index is 0.895. The molecule has 1 aromatic carbocycles. The molecule has 1 fully saturated rings. The monoisotopic (exact) mass is 282 g/mol. The van der Waals surface area contributed by atoms with Gasteiger partial charge in [0.15, 0.2) is 0 Å². The van der Waals surface area contributed by atoms with E-state index < -0.39 is 0 Å². The van der Waals surface area contributed by atoms with Gasteiger partial charge < -0.3 is 15.5 Å². The molecule has 2 N–H and O–H groups in total. The van der Waals surface area contributed by atoms with E-state index in [0.29, 0.717) is 0 Å². The zero-order chi connectivity index (χ0) is 14.3.